The van der Waals surface area contributed by atoms with Gasteiger partial charge in [0.1, 0.15) is 11.6 Å². The molecule has 1 heterocycles. The third-order valence-corrected chi connectivity index (χ3v) is 5.12. The van der Waals surface area contributed by atoms with Crippen molar-refractivity contribution in [3.63, 3.8) is 0 Å². The Bertz CT molecular complexity index is 966. The van der Waals surface area contributed by atoms with Gasteiger partial charge in [-0.25, -0.2) is 4.79 Å². The molecule has 5 nitrogen and oxygen atoms in total. The summed E-state index contributed by atoms with van der Waals surface area (Å²) in [6.45, 7) is 10.0. The molecule has 1 N–H and O–H groups in total. The van der Waals surface area contributed by atoms with Crippen LogP contribution in [0.1, 0.15) is 58.6 Å². The van der Waals surface area contributed by atoms with E-state index in [4.69, 9.17) is 4.74 Å². The quantitative estimate of drug-likeness (QED) is 0.552. The summed E-state index contributed by atoms with van der Waals surface area (Å²) in [7, 11) is 0. The molecule has 0 aromatic heterocycles. The molecule has 2 aromatic rings. The van der Waals surface area contributed by atoms with Crippen molar-refractivity contribution < 1.29 is 27.5 Å². The van der Waals surface area contributed by atoms with Crippen LogP contribution in [-0.2, 0) is 22.3 Å². The monoisotopic (exact) mass is 478 g/mol. The van der Waals surface area contributed by atoms with E-state index < -0.39 is 29.5 Å². The molecular weight excluding hydrogens is 445 g/mol. The first kappa shape index (κ1) is 27.2. The van der Waals surface area contributed by atoms with Gasteiger partial charge in [-0.3, -0.25) is 9.69 Å². The lowest BCUT2D eigenvalue weighted by atomic mass is 10.0. The fourth-order valence-electron chi connectivity index (χ4n) is 3.60. The molecule has 3 rings (SSSR count). The van der Waals surface area contributed by atoms with Crippen molar-refractivity contribution in [2.45, 2.75) is 71.8 Å². The molecule has 0 unspecified atom stereocenters. The van der Waals surface area contributed by atoms with Crippen molar-refractivity contribution in [3.8, 4) is 11.1 Å². The molecule has 1 saturated heterocycles. The number of hydrogen-bond donors (Lipinski definition) is 1. The fourth-order valence-corrected chi connectivity index (χ4v) is 3.60. The van der Waals surface area contributed by atoms with Crippen molar-refractivity contribution in [2.24, 2.45) is 0 Å². The average Bonchev–Trinajstić information content (AvgIpc) is 3.28. The van der Waals surface area contributed by atoms with Gasteiger partial charge in [0.2, 0.25) is 5.91 Å². The Balaban J connectivity index is 0.00000199. The van der Waals surface area contributed by atoms with Crippen LogP contribution in [0.2, 0.25) is 0 Å². The standard InChI is InChI=1S/C24H27F3N2O3.C2H6/c1-23(2,3)32-22(31)29-13-5-8-20(29)21(30)28-15-16-6-4-7-18(14-16)17-9-11-19(12-10-17)24(25,26)27;1-2/h4,6-7,9-12,14,20H,5,8,13,15H2,1-3H3,(H,28,30);1-2H3/t20-;/m0./s1. The molecule has 1 aliphatic heterocycles. The number of likely N-dealkylation sites (tertiary alicyclic amines) is 1. The van der Waals surface area contributed by atoms with E-state index >= 15 is 0 Å². The lowest BCUT2D eigenvalue weighted by Gasteiger charge is -2.28. The Morgan fingerprint density at radius 2 is 1.68 bits per heavy atom. The summed E-state index contributed by atoms with van der Waals surface area (Å²) >= 11 is 0. The van der Waals surface area contributed by atoms with E-state index in [-0.39, 0.29) is 12.5 Å². The van der Waals surface area contributed by atoms with Gasteiger partial charge in [-0.1, -0.05) is 44.2 Å². The molecule has 1 fully saturated rings. The first-order valence-electron chi connectivity index (χ1n) is 11.5. The van der Waals surface area contributed by atoms with Crippen LogP contribution in [-0.4, -0.2) is 35.1 Å². The Morgan fingerprint density at radius 1 is 1.03 bits per heavy atom. The van der Waals surface area contributed by atoms with Gasteiger partial charge < -0.3 is 10.1 Å². The maximum Gasteiger partial charge on any atom is 0.416 e. The number of carbonyl (C=O) groups is 2. The summed E-state index contributed by atoms with van der Waals surface area (Å²) < 4.78 is 43.7. The number of hydrogen-bond acceptors (Lipinski definition) is 3. The van der Waals surface area contributed by atoms with Crippen molar-refractivity contribution in [1.82, 2.24) is 10.2 Å². The number of nitrogens with one attached hydrogen (secondary N) is 1. The molecule has 1 atom stereocenters. The van der Waals surface area contributed by atoms with Crippen molar-refractivity contribution >= 4 is 12.0 Å². The second kappa shape index (κ2) is 11.4. The second-order valence-corrected chi connectivity index (χ2v) is 8.83. The molecule has 0 bridgehead atoms. The van der Waals surface area contributed by atoms with Crippen LogP contribution in [0.4, 0.5) is 18.0 Å². The van der Waals surface area contributed by atoms with E-state index in [1.165, 1.54) is 17.0 Å². The number of nitrogens with zero attached hydrogens (tertiary/aromatic N) is 1. The van der Waals surface area contributed by atoms with E-state index in [0.717, 1.165) is 29.7 Å². The predicted octanol–water partition coefficient (Wildman–Crippen LogP) is 6.41. The largest absolute Gasteiger partial charge is 0.444 e. The van der Waals surface area contributed by atoms with Gasteiger partial charge in [-0.2, -0.15) is 13.2 Å². The summed E-state index contributed by atoms with van der Waals surface area (Å²) in [6.07, 6.45) is -3.59. The minimum atomic E-state index is -4.38. The minimum Gasteiger partial charge on any atom is -0.444 e. The van der Waals surface area contributed by atoms with Crippen LogP contribution in [0, 0.1) is 0 Å². The lowest BCUT2D eigenvalue weighted by molar-refractivity contribution is -0.137. The lowest BCUT2D eigenvalue weighted by Crippen LogP contribution is -2.47. The van der Waals surface area contributed by atoms with Gasteiger partial charge in [0.15, 0.2) is 0 Å². The number of carbonyl (C=O) groups excluding carboxylic acids is 2. The second-order valence-electron chi connectivity index (χ2n) is 8.83. The van der Waals surface area contributed by atoms with Gasteiger partial charge in [0, 0.05) is 13.1 Å². The molecule has 34 heavy (non-hydrogen) atoms. The summed E-state index contributed by atoms with van der Waals surface area (Å²) in [6, 6.07) is 11.6. The van der Waals surface area contributed by atoms with Gasteiger partial charge in [0.05, 0.1) is 5.56 Å². The van der Waals surface area contributed by atoms with E-state index in [9.17, 15) is 22.8 Å². The molecule has 1 aliphatic rings. The molecular formula is C26H33F3N2O3. The van der Waals surface area contributed by atoms with Crippen LogP contribution in [0.3, 0.4) is 0 Å². The summed E-state index contributed by atoms with van der Waals surface area (Å²) in [4.78, 5) is 26.6. The van der Waals surface area contributed by atoms with Crippen molar-refractivity contribution in [1.29, 1.82) is 0 Å². The molecule has 2 amide bonds. The molecule has 0 radical (unpaired) electrons. The van der Waals surface area contributed by atoms with Crippen LogP contribution in [0.15, 0.2) is 48.5 Å². The number of ether oxygens (including phenoxy) is 1. The summed E-state index contributed by atoms with van der Waals surface area (Å²) in [5, 5.41) is 2.86. The number of alkyl halides is 3. The highest BCUT2D eigenvalue weighted by atomic mass is 19.4. The highest BCUT2D eigenvalue weighted by Gasteiger charge is 2.36. The number of benzene rings is 2. The molecule has 8 heteroatoms. The fraction of sp³-hybridized carbons (Fsp3) is 0.462. The maximum atomic E-state index is 12.8. The maximum absolute atomic E-state index is 12.8. The molecule has 0 saturated carbocycles. The zero-order valence-electron chi connectivity index (χ0n) is 20.3. The first-order valence-corrected chi connectivity index (χ1v) is 11.5. The van der Waals surface area contributed by atoms with Crippen LogP contribution in [0.5, 0.6) is 0 Å². The van der Waals surface area contributed by atoms with Gasteiger partial charge in [-0.05, 0) is 68.5 Å². The molecule has 0 aliphatic carbocycles. The highest BCUT2D eigenvalue weighted by Crippen LogP contribution is 2.31. The topological polar surface area (TPSA) is 58.6 Å². The van der Waals surface area contributed by atoms with Crippen LogP contribution >= 0.6 is 0 Å². The summed E-state index contributed by atoms with van der Waals surface area (Å²) in [5.74, 6) is -0.256. The SMILES string of the molecule is CC.CC(C)(C)OC(=O)N1CCC[C@H]1C(=O)NCc1cccc(-c2ccc(C(F)(F)F)cc2)c1. The van der Waals surface area contributed by atoms with E-state index in [1.54, 1.807) is 32.9 Å². The van der Waals surface area contributed by atoms with Gasteiger partial charge in [-0.15, -0.1) is 0 Å². The van der Waals surface area contributed by atoms with Crippen LogP contribution in [0.25, 0.3) is 11.1 Å². The third-order valence-electron chi connectivity index (χ3n) is 5.12. The van der Waals surface area contributed by atoms with Gasteiger partial charge >= 0.3 is 12.3 Å². The number of halogens is 3. The van der Waals surface area contributed by atoms with Gasteiger partial charge in [0.25, 0.3) is 0 Å². The van der Waals surface area contributed by atoms with Crippen molar-refractivity contribution in [3.05, 3.63) is 59.7 Å². The molecule has 2 aromatic carbocycles. The molecule has 186 valence electrons. The normalized spacial score (nSPS) is 15.9. The van der Waals surface area contributed by atoms with E-state index in [2.05, 4.69) is 5.32 Å². The Hall–Kier alpha value is -3.03. The van der Waals surface area contributed by atoms with E-state index in [1.807, 2.05) is 26.0 Å². The number of amides is 2. The minimum absolute atomic E-state index is 0.242. The zero-order chi connectivity index (χ0) is 25.5. The smallest absolute Gasteiger partial charge is 0.416 e. The third kappa shape index (κ3) is 7.50. The Morgan fingerprint density at radius 3 is 2.26 bits per heavy atom. The average molecular weight is 479 g/mol. The summed E-state index contributed by atoms with van der Waals surface area (Å²) in [5.41, 5.74) is 0.868. The Kier molecular flexibility index (Phi) is 9.13. The zero-order valence-corrected chi connectivity index (χ0v) is 20.3. The molecule has 0 spiro atoms. The van der Waals surface area contributed by atoms with E-state index in [0.29, 0.717) is 18.5 Å². The number of rotatable bonds is 4. The highest BCUT2D eigenvalue weighted by molar-refractivity contribution is 5.86. The predicted molar refractivity (Wildman–Crippen MR) is 126 cm³/mol. The Labute approximate surface area is 199 Å². The first-order chi connectivity index (χ1) is 15.9. The van der Waals surface area contributed by atoms with Crippen molar-refractivity contribution in [2.75, 3.05) is 6.54 Å². The van der Waals surface area contributed by atoms with Crippen LogP contribution < -0.4 is 5.32 Å².